The van der Waals surface area contributed by atoms with Gasteiger partial charge in [-0.15, -0.1) is 0 Å². The average molecular weight is 344 g/mol. The van der Waals surface area contributed by atoms with Crippen LogP contribution in [0.4, 0.5) is 5.69 Å². The number of rotatable bonds is 5. The quantitative estimate of drug-likeness (QED) is 0.491. The lowest BCUT2D eigenvalue weighted by Gasteiger charge is -2.19. The van der Waals surface area contributed by atoms with Crippen molar-refractivity contribution in [1.82, 2.24) is 4.90 Å². The predicted molar refractivity (Wildman–Crippen MR) is 110 cm³/mol. The lowest BCUT2D eigenvalue weighted by atomic mass is 10.1. The van der Waals surface area contributed by atoms with Gasteiger partial charge >= 0.3 is 0 Å². The van der Waals surface area contributed by atoms with Gasteiger partial charge in [0.2, 0.25) is 0 Å². The monoisotopic (exact) mass is 344 g/mol. The Hall–Kier alpha value is -2.78. The molecule has 3 aromatic carbocycles. The Morgan fingerprint density at radius 1 is 0.692 bits per heavy atom. The third-order valence-electron chi connectivity index (χ3n) is 4.72. The van der Waals surface area contributed by atoms with E-state index >= 15 is 0 Å². The summed E-state index contributed by atoms with van der Waals surface area (Å²) in [5, 5.41) is 2.38. The number of para-hydroxylation sites is 1. The summed E-state index contributed by atoms with van der Waals surface area (Å²) < 4.78 is 6.09. The third-order valence-corrected chi connectivity index (χ3v) is 4.72. The highest BCUT2D eigenvalue weighted by Gasteiger charge is 2.10. The molecule has 0 spiro atoms. The topological polar surface area (TPSA) is 19.6 Å². The first kappa shape index (κ1) is 16.7. The number of hydrogen-bond donors (Lipinski definition) is 0. The van der Waals surface area contributed by atoms with Crippen molar-refractivity contribution < 1.29 is 4.42 Å². The van der Waals surface area contributed by atoms with Gasteiger partial charge in [-0.2, -0.15) is 0 Å². The second kappa shape index (κ2) is 6.85. The minimum atomic E-state index is 0.866. The molecule has 0 atom stereocenters. The van der Waals surface area contributed by atoms with Gasteiger partial charge in [-0.1, -0.05) is 36.4 Å². The first-order valence-corrected chi connectivity index (χ1v) is 8.95. The van der Waals surface area contributed by atoms with Gasteiger partial charge in [0.25, 0.3) is 0 Å². The fraction of sp³-hybridized carbons (Fsp3) is 0.217. The van der Waals surface area contributed by atoms with Crippen LogP contribution in [0.15, 0.2) is 71.1 Å². The first-order valence-electron chi connectivity index (χ1n) is 8.95. The van der Waals surface area contributed by atoms with Crippen LogP contribution < -0.4 is 4.90 Å². The Morgan fingerprint density at radius 2 is 1.42 bits per heavy atom. The molecule has 1 heterocycles. The van der Waals surface area contributed by atoms with Gasteiger partial charge in [0.1, 0.15) is 11.2 Å². The molecular formula is C23H24N2O. The standard InChI is InChI=1S/C23H24N2O/c1-24(2)15-18-9-11-20-21-13-17(10-12-22(21)26-23(20)14-18)16-25(3)19-7-5-4-6-8-19/h4-14H,15-16H2,1-3H3. The predicted octanol–water partition coefficient (Wildman–Crippen LogP) is 5.28. The van der Waals surface area contributed by atoms with E-state index in [4.69, 9.17) is 4.42 Å². The maximum atomic E-state index is 6.09. The van der Waals surface area contributed by atoms with E-state index in [0.29, 0.717) is 0 Å². The van der Waals surface area contributed by atoms with Gasteiger partial charge in [-0.3, -0.25) is 0 Å². The Bertz CT molecular complexity index is 1030. The Balaban J connectivity index is 1.67. The SMILES string of the molecule is CN(C)Cc1ccc2c(c1)oc1ccc(CN(C)c3ccccc3)cc12. The van der Waals surface area contributed by atoms with Crippen molar-refractivity contribution >= 4 is 27.6 Å². The zero-order valence-corrected chi connectivity index (χ0v) is 15.6. The second-order valence-corrected chi connectivity index (χ2v) is 7.19. The van der Waals surface area contributed by atoms with Gasteiger partial charge in [0.05, 0.1) is 0 Å². The van der Waals surface area contributed by atoms with Crippen molar-refractivity contribution in [3.8, 4) is 0 Å². The van der Waals surface area contributed by atoms with E-state index in [-0.39, 0.29) is 0 Å². The molecule has 1 aromatic heterocycles. The van der Waals surface area contributed by atoms with Crippen molar-refractivity contribution in [2.45, 2.75) is 13.1 Å². The van der Waals surface area contributed by atoms with E-state index in [1.807, 2.05) is 6.07 Å². The van der Waals surface area contributed by atoms with Crippen molar-refractivity contribution in [3.05, 3.63) is 77.9 Å². The van der Waals surface area contributed by atoms with Crippen LogP contribution in [0, 0.1) is 0 Å². The number of anilines is 1. The molecule has 0 saturated heterocycles. The van der Waals surface area contributed by atoms with Gasteiger partial charge in [0.15, 0.2) is 0 Å². The maximum absolute atomic E-state index is 6.09. The molecule has 3 nitrogen and oxygen atoms in total. The summed E-state index contributed by atoms with van der Waals surface area (Å²) >= 11 is 0. The Kier molecular flexibility index (Phi) is 4.39. The molecule has 0 aliphatic carbocycles. The van der Waals surface area contributed by atoms with Crippen LogP contribution in [0.3, 0.4) is 0 Å². The molecule has 132 valence electrons. The van der Waals surface area contributed by atoms with Crippen molar-refractivity contribution in [1.29, 1.82) is 0 Å². The smallest absolute Gasteiger partial charge is 0.135 e. The van der Waals surface area contributed by atoms with Crippen molar-refractivity contribution in [2.24, 2.45) is 0 Å². The molecular weight excluding hydrogens is 320 g/mol. The summed E-state index contributed by atoms with van der Waals surface area (Å²) in [7, 11) is 6.29. The first-order chi connectivity index (χ1) is 12.6. The second-order valence-electron chi connectivity index (χ2n) is 7.19. The Morgan fingerprint density at radius 3 is 2.19 bits per heavy atom. The molecule has 0 amide bonds. The summed E-state index contributed by atoms with van der Waals surface area (Å²) in [6.45, 7) is 1.78. The van der Waals surface area contributed by atoms with E-state index in [0.717, 1.165) is 24.3 Å². The maximum Gasteiger partial charge on any atom is 0.135 e. The summed E-state index contributed by atoms with van der Waals surface area (Å²) in [4.78, 5) is 4.43. The average Bonchev–Trinajstić information content (AvgIpc) is 2.99. The number of nitrogens with zero attached hydrogens (tertiary/aromatic N) is 2. The van der Waals surface area contributed by atoms with Crippen LogP contribution in [0.2, 0.25) is 0 Å². The Labute approximate surface area is 154 Å². The van der Waals surface area contributed by atoms with Gasteiger partial charge in [0, 0.05) is 36.6 Å². The van der Waals surface area contributed by atoms with Crippen LogP contribution in [0.5, 0.6) is 0 Å². The van der Waals surface area contributed by atoms with Crippen LogP contribution in [-0.2, 0) is 13.1 Å². The van der Waals surface area contributed by atoms with Crippen LogP contribution >= 0.6 is 0 Å². The molecule has 4 rings (SSSR count). The van der Waals surface area contributed by atoms with Crippen LogP contribution in [0.1, 0.15) is 11.1 Å². The van der Waals surface area contributed by atoms with Gasteiger partial charge in [-0.05, 0) is 55.6 Å². The summed E-state index contributed by atoms with van der Waals surface area (Å²) in [6, 6.07) is 23.5. The number of furan rings is 1. The zero-order valence-electron chi connectivity index (χ0n) is 15.6. The molecule has 0 N–H and O–H groups in total. The molecule has 3 heteroatoms. The van der Waals surface area contributed by atoms with Crippen molar-refractivity contribution in [3.63, 3.8) is 0 Å². The van der Waals surface area contributed by atoms with E-state index in [9.17, 15) is 0 Å². The minimum absolute atomic E-state index is 0.866. The number of fused-ring (bicyclic) bond motifs is 3. The highest BCUT2D eigenvalue weighted by atomic mass is 16.3. The minimum Gasteiger partial charge on any atom is -0.456 e. The molecule has 0 saturated carbocycles. The van der Waals surface area contributed by atoms with E-state index in [1.165, 1.54) is 27.6 Å². The van der Waals surface area contributed by atoms with Gasteiger partial charge in [-0.25, -0.2) is 0 Å². The molecule has 0 aliphatic rings. The molecule has 0 unspecified atom stereocenters. The van der Waals surface area contributed by atoms with E-state index in [1.54, 1.807) is 0 Å². The third kappa shape index (κ3) is 3.31. The molecule has 0 radical (unpaired) electrons. The molecule has 0 bridgehead atoms. The summed E-state index contributed by atoms with van der Waals surface area (Å²) in [5.41, 5.74) is 5.69. The van der Waals surface area contributed by atoms with Crippen LogP contribution in [-0.4, -0.2) is 26.0 Å². The van der Waals surface area contributed by atoms with Crippen molar-refractivity contribution in [2.75, 3.05) is 26.0 Å². The van der Waals surface area contributed by atoms with Crippen LogP contribution in [0.25, 0.3) is 21.9 Å². The lowest BCUT2D eigenvalue weighted by molar-refractivity contribution is 0.402. The van der Waals surface area contributed by atoms with E-state index in [2.05, 4.69) is 91.6 Å². The zero-order chi connectivity index (χ0) is 18.1. The molecule has 0 aliphatic heterocycles. The fourth-order valence-electron chi connectivity index (χ4n) is 3.48. The number of benzene rings is 3. The molecule has 26 heavy (non-hydrogen) atoms. The fourth-order valence-corrected chi connectivity index (χ4v) is 3.48. The highest BCUT2D eigenvalue weighted by molar-refractivity contribution is 6.05. The van der Waals surface area contributed by atoms with E-state index < -0.39 is 0 Å². The number of hydrogen-bond acceptors (Lipinski definition) is 3. The molecule has 0 fully saturated rings. The molecule has 4 aromatic rings. The van der Waals surface area contributed by atoms with Gasteiger partial charge < -0.3 is 14.2 Å². The largest absolute Gasteiger partial charge is 0.456 e. The summed E-state index contributed by atoms with van der Waals surface area (Å²) in [5.74, 6) is 0. The summed E-state index contributed by atoms with van der Waals surface area (Å²) in [6.07, 6.45) is 0. The normalized spacial score (nSPS) is 11.5. The lowest BCUT2D eigenvalue weighted by Crippen LogP contribution is -2.15. The highest BCUT2D eigenvalue weighted by Crippen LogP contribution is 2.31.